The van der Waals surface area contributed by atoms with Crippen molar-refractivity contribution in [2.24, 2.45) is 0 Å². The summed E-state index contributed by atoms with van der Waals surface area (Å²) in [6.45, 7) is 11.0. The molecule has 1 aromatic heterocycles. The number of aryl methyl sites for hydroxylation is 3. The van der Waals surface area contributed by atoms with Crippen molar-refractivity contribution in [3.63, 3.8) is 0 Å². The third-order valence-corrected chi connectivity index (χ3v) is 3.44. The Kier molecular flexibility index (Phi) is 4.23. The normalized spacial score (nSPS) is 11.2. The van der Waals surface area contributed by atoms with Crippen LogP contribution in [0.4, 0.5) is 0 Å². The van der Waals surface area contributed by atoms with Crippen LogP contribution in [0, 0.1) is 20.8 Å². The van der Waals surface area contributed by atoms with Crippen LogP contribution in [0.3, 0.4) is 0 Å². The predicted octanol–water partition coefficient (Wildman–Crippen LogP) is 4.01. The van der Waals surface area contributed by atoms with Gasteiger partial charge in [0.05, 0.1) is 11.9 Å². The number of rotatable bonds is 2. The molecule has 0 aliphatic heterocycles. The van der Waals surface area contributed by atoms with Gasteiger partial charge in [-0.25, -0.2) is 4.98 Å². The Morgan fingerprint density at radius 3 is 2.06 bits per heavy atom. The number of aromatic nitrogens is 2. The lowest BCUT2D eigenvalue weighted by Gasteiger charge is -2.31. The summed E-state index contributed by atoms with van der Waals surface area (Å²) in [5.41, 5.74) is 5.35. The summed E-state index contributed by atoms with van der Waals surface area (Å²) in [4.78, 5) is 4.15. The van der Waals surface area contributed by atoms with E-state index in [1.54, 1.807) is 0 Å². The third kappa shape index (κ3) is 2.44. The van der Waals surface area contributed by atoms with E-state index in [4.69, 9.17) is 0 Å². The van der Waals surface area contributed by atoms with E-state index in [1.165, 1.54) is 22.3 Å². The highest BCUT2D eigenvalue weighted by Crippen LogP contribution is 2.31. The van der Waals surface area contributed by atoms with Gasteiger partial charge in [0.25, 0.3) is 0 Å². The molecule has 0 saturated carbocycles. The molecule has 98 valence electrons. The van der Waals surface area contributed by atoms with Crippen LogP contribution in [0.25, 0.3) is 0 Å². The second-order valence-corrected chi connectivity index (χ2v) is 5.30. The van der Waals surface area contributed by atoms with E-state index < -0.39 is 0 Å². The van der Waals surface area contributed by atoms with Crippen molar-refractivity contribution in [1.82, 2.24) is 9.55 Å². The zero-order valence-electron chi connectivity index (χ0n) is 11.7. The highest BCUT2D eigenvalue weighted by Gasteiger charge is 2.25. The quantitative estimate of drug-likeness (QED) is 0.801. The average Bonchev–Trinajstić information content (AvgIpc) is 2.67. The molecule has 1 aromatic carbocycles. The van der Waals surface area contributed by atoms with Crippen molar-refractivity contribution in [2.75, 3.05) is 0 Å². The lowest BCUT2D eigenvalue weighted by molar-refractivity contribution is 0.431. The first kappa shape index (κ1) is 14.8. The number of hydrogen-bond donors (Lipinski definition) is 0. The summed E-state index contributed by atoms with van der Waals surface area (Å²) in [7, 11) is 0. The molecule has 0 spiro atoms. The van der Waals surface area contributed by atoms with Crippen LogP contribution in [-0.4, -0.2) is 9.55 Å². The molecule has 18 heavy (non-hydrogen) atoms. The number of hydrogen-bond acceptors (Lipinski definition) is 1. The Bertz CT molecular complexity index is 504. The Hall–Kier alpha value is -1.28. The minimum atomic E-state index is -0.0572. The Labute approximate surface area is 115 Å². The minimum Gasteiger partial charge on any atom is -0.328 e. The van der Waals surface area contributed by atoms with Crippen molar-refractivity contribution in [2.45, 2.75) is 40.2 Å². The molecule has 0 aliphatic rings. The summed E-state index contributed by atoms with van der Waals surface area (Å²) in [6.07, 6.45) is 5.75. The lowest BCUT2D eigenvalue weighted by atomic mass is 9.85. The number of imidazole rings is 1. The smallest absolute Gasteiger partial charge is 0.0953 e. The maximum absolute atomic E-state index is 4.15. The van der Waals surface area contributed by atoms with Crippen molar-refractivity contribution in [3.8, 4) is 0 Å². The van der Waals surface area contributed by atoms with Crippen molar-refractivity contribution >= 4 is 12.4 Å². The van der Waals surface area contributed by atoms with Crippen LogP contribution >= 0.6 is 12.4 Å². The van der Waals surface area contributed by atoms with Gasteiger partial charge in [-0.15, -0.1) is 12.4 Å². The molecule has 0 aliphatic carbocycles. The molecule has 1 heterocycles. The summed E-state index contributed by atoms with van der Waals surface area (Å²) in [5, 5.41) is 0. The topological polar surface area (TPSA) is 17.8 Å². The fraction of sp³-hybridized carbons (Fsp3) is 0.400. The van der Waals surface area contributed by atoms with Crippen LogP contribution in [0.2, 0.25) is 0 Å². The van der Waals surface area contributed by atoms with Gasteiger partial charge in [0.15, 0.2) is 0 Å². The number of halogens is 1. The molecular weight excluding hydrogens is 244 g/mol. The monoisotopic (exact) mass is 264 g/mol. The Morgan fingerprint density at radius 2 is 1.61 bits per heavy atom. The maximum atomic E-state index is 4.15. The van der Waals surface area contributed by atoms with E-state index in [0.717, 1.165) is 0 Å². The van der Waals surface area contributed by atoms with Crippen molar-refractivity contribution in [3.05, 3.63) is 53.1 Å². The average molecular weight is 265 g/mol. The van der Waals surface area contributed by atoms with Gasteiger partial charge in [-0.2, -0.15) is 0 Å². The van der Waals surface area contributed by atoms with E-state index >= 15 is 0 Å². The molecule has 2 nitrogen and oxygen atoms in total. The molecule has 0 unspecified atom stereocenters. The minimum absolute atomic E-state index is 0. The van der Waals surface area contributed by atoms with E-state index in [9.17, 15) is 0 Å². The molecule has 0 bridgehead atoms. The van der Waals surface area contributed by atoms with Gasteiger partial charge < -0.3 is 4.57 Å². The molecular formula is C15H21ClN2. The van der Waals surface area contributed by atoms with Gasteiger partial charge in [-0.05, 0) is 51.3 Å². The van der Waals surface area contributed by atoms with Crippen LogP contribution in [0.15, 0.2) is 30.9 Å². The van der Waals surface area contributed by atoms with Crippen LogP contribution in [0.5, 0.6) is 0 Å². The van der Waals surface area contributed by atoms with Gasteiger partial charge in [0.1, 0.15) is 0 Å². The zero-order valence-corrected chi connectivity index (χ0v) is 12.5. The van der Waals surface area contributed by atoms with Gasteiger partial charge in [0.2, 0.25) is 0 Å². The first-order valence-electron chi connectivity index (χ1n) is 5.99. The molecule has 2 aromatic rings. The SMILES string of the molecule is Cc1cc(C)c(C(C)(C)n2ccnc2)c(C)c1.Cl. The Morgan fingerprint density at radius 1 is 1.06 bits per heavy atom. The molecule has 0 saturated heterocycles. The standard InChI is InChI=1S/C15H20N2.ClH/c1-11-8-12(2)14(13(3)9-11)15(4,5)17-7-6-16-10-17;/h6-10H,1-5H3;1H. The van der Waals surface area contributed by atoms with E-state index in [0.29, 0.717) is 0 Å². The summed E-state index contributed by atoms with van der Waals surface area (Å²) >= 11 is 0. The maximum Gasteiger partial charge on any atom is 0.0953 e. The largest absolute Gasteiger partial charge is 0.328 e. The number of nitrogens with zero attached hydrogens (tertiary/aromatic N) is 2. The highest BCUT2D eigenvalue weighted by atomic mass is 35.5. The summed E-state index contributed by atoms with van der Waals surface area (Å²) in [5.74, 6) is 0. The van der Waals surface area contributed by atoms with Crippen LogP contribution in [0.1, 0.15) is 36.1 Å². The Balaban J connectivity index is 0.00000162. The molecule has 0 amide bonds. The van der Waals surface area contributed by atoms with E-state index in [1.807, 2.05) is 18.7 Å². The molecule has 0 atom stereocenters. The molecule has 2 rings (SSSR count). The van der Waals surface area contributed by atoms with E-state index in [-0.39, 0.29) is 17.9 Å². The highest BCUT2D eigenvalue weighted by molar-refractivity contribution is 5.85. The van der Waals surface area contributed by atoms with Crippen LogP contribution in [-0.2, 0) is 5.54 Å². The lowest BCUT2D eigenvalue weighted by Crippen LogP contribution is -2.28. The third-order valence-electron chi connectivity index (χ3n) is 3.44. The summed E-state index contributed by atoms with van der Waals surface area (Å²) < 4.78 is 2.16. The first-order valence-corrected chi connectivity index (χ1v) is 5.99. The van der Waals surface area contributed by atoms with Crippen molar-refractivity contribution < 1.29 is 0 Å². The van der Waals surface area contributed by atoms with Gasteiger partial charge in [0, 0.05) is 12.4 Å². The zero-order chi connectivity index (χ0) is 12.6. The van der Waals surface area contributed by atoms with Crippen molar-refractivity contribution in [1.29, 1.82) is 0 Å². The van der Waals surface area contributed by atoms with E-state index in [2.05, 4.69) is 56.3 Å². The second kappa shape index (κ2) is 5.15. The van der Waals surface area contributed by atoms with Crippen LogP contribution < -0.4 is 0 Å². The summed E-state index contributed by atoms with van der Waals surface area (Å²) in [6, 6.07) is 4.50. The first-order chi connectivity index (χ1) is 7.93. The van der Waals surface area contributed by atoms with Gasteiger partial charge >= 0.3 is 0 Å². The molecule has 0 radical (unpaired) electrons. The molecule has 3 heteroatoms. The fourth-order valence-electron chi connectivity index (χ4n) is 2.86. The predicted molar refractivity (Wildman–Crippen MR) is 78.6 cm³/mol. The molecule has 0 fully saturated rings. The number of benzene rings is 1. The second-order valence-electron chi connectivity index (χ2n) is 5.30. The van der Waals surface area contributed by atoms with Gasteiger partial charge in [-0.1, -0.05) is 17.7 Å². The fourth-order valence-corrected chi connectivity index (χ4v) is 2.86. The van der Waals surface area contributed by atoms with Gasteiger partial charge in [-0.3, -0.25) is 0 Å². The molecule has 0 N–H and O–H groups in total.